The molecule has 1 saturated heterocycles. The lowest BCUT2D eigenvalue weighted by Crippen LogP contribution is -2.38. The van der Waals surface area contributed by atoms with Crippen LogP contribution in [-0.2, 0) is 17.4 Å². The molecule has 0 spiro atoms. The monoisotopic (exact) mass is 446 g/mol. The molecular formula is C23H25F3N4O2. The van der Waals surface area contributed by atoms with E-state index in [9.17, 15) is 18.0 Å². The molecule has 0 bridgehead atoms. The van der Waals surface area contributed by atoms with Gasteiger partial charge in [0.25, 0.3) is 12.0 Å². The number of alkyl halides is 2. The van der Waals surface area contributed by atoms with Crippen molar-refractivity contribution < 1.29 is 17.9 Å². The van der Waals surface area contributed by atoms with Crippen LogP contribution in [0.5, 0.6) is 0 Å². The van der Waals surface area contributed by atoms with E-state index in [0.717, 1.165) is 12.6 Å². The van der Waals surface area contributed by atoms with Gasteiger partial charge in [0.1, 0.15) is 17.2 Å². The Morgan fingerprint density at radius 2 is 2.03 bits per heavy atom. The minimum atomic E-state index is -2.90. The number of nitrogens with zero attached hydrogens (tertiary/aromatic N) is 2. The lowest BCUT2D eigenvalue weighted by atomic mass is 9.92. The molecule has 2 aromatic heterocycles. The average Bonchev–Trinajstić information content (AvgIpc) is 3.26. The SMILES string of the molecule is COC1(c2cc3c(N[C@H](C)c4cccc(C(F)F)c4F)nccc3n(C)c2=O)CCNC1. The van der Waals surface area contributed by atoms with E-state index in [1.165, 1.54) is 12.1 Å². The van der Waals surface area contributed by atoms with E-state index < -0.39 is 29.4 Å². The van der Waals surface area contributed by atoms with Gasteiger partial charge in [0.2, 0.25) is 0 Å². The summed E-state index contributed by atoms with van der Waals surface area (Å²) in [5.74, 6) is -0.517. The Bertz CT molecular complexity index is 1210. The van der Waals surface area contributed by atoms with Crippen LogP contribution in [0.3, 0.4) is 0 Å². The van der Waals surface area contributed by atoms with Crippen LogP contribution in [0.4, 0.5) is 19.0 Å². The first kappa shape index (κ1) is 22.3. The van der Waals surface area contributed by atoms with Gasteiger partial charge in [-0.15, -0.1) is 0 Å². The van der Waals surface area contributed by atoms with Crippen molar-refractivity contribution in [1.82, 2.24) is 14.9 Å². The molecule has 1 aromatic carbocycles. The number of aryl methyl sites for hydroxylation is 1. The van der Waals surface area contributed by atoms with Gasteiger partial charge in [-0.25, -0.2) is 18.2 Å². The van der Waals surface area contributed by atoms with Crippen LogP contribution in [-0.4, -0.2) is 29.8 Å². The van der Waals surface area contributed by atoms with E-state index in [-0.39, 0.29) is 11.1 Å². The number of halogens is 3. The van der Waals surface area contributed by atoms with Crippen molar-refractivity contribution in [2.45, 2.75) is 31.4 Å². The molecule has 1 unspecified atom stereocenters. The van der Waals surface area contributed by atoms with E-state index in [1.807, 2.05) is 0 Å². The first-order valence-electron chi connectivity index (χ1n) is 10.4. The molecule has 4 rings (SSSR count). The third-order valence-corrected chi connectivity index (χ3v) is 6.26. The summed E-state index contributed by atoms with van der Waals surface area (Å²) >= 11 is 0. The Labute approximate surface area is 183 Å². The van der Waals surface area contributed by atoms with Crippen molar-refractivity contribution in [1.29, 1.82) is 0 Å². The molecule has 170 valence electrons. The number of benzene rings is 1. The van der Waals surface area contributed by atoms with Gasteiger partial charge in [-0.1, -0.05) is 18.2 Å². The minimum absolute atomic E-state index is 0.111. The number of rotatable bonds is 6. The Balaban J connectivity index is 1.81. The molecule has 0 radical (unpaired) electrons. The van der Waals surface area contributed by atoms with Gasteiger partial charge in [0.05, 0.1) is 22.7 Å². The van der Waals surface area contributed by atoms with Crippen molar-refractivity contribution in [2.75, 3.05) is 25.5 Å². The Morgan fingerprint density at radius 1 is 1.28 bits per heavy atom. The molecule has 2 N–H and O–H groups in total. The fraction of sp³-hybridized carbons (Fsp3) is 0.391. The fourth-order valence-electron chi connectivity index (χ4n) is 4.37. The molecule has 1 aliphatic heterocycles. The standard InChI is InChI=1S/C23H25F3N4O2/c1-13(14-5-4-6-15(19(14)24)20(25)26)29-21-16-11-17(23(32-3)8-10-27-12-23)22(31)30(2)18(16)7-9-28-21/h4-7,9,11,13,20,27H,8,10,12H2,1-3H3,(H,28,29)/t13-,23?/m1/s1. The number of aromatic nitrogens is 2. The van der Waals surface area contributed by atoms with Crippen molar-refractivity contribution in [3.8, 4) is 0 Å². The van der Waals surface area contributed by atoms with Crippen molar-refractivity contribution in [3.05, 3.63) is 69.4 Å². The lowest BCUT2D eigenvalue weighted by Gasteiger charge is -2.27. The number of hydrogen-bond donors (Lipinski definition) is 2. The quantitative estimate of drug-likeness (QED) is 0.599. The van der Waals surface area contributed by atoms with E-state index in [0.29, 0.717) is 35.2 Å². The number of methoxy groups -OCH3 is 1. The summed E-state index contributed by atoms with van der Waals surface area (Å²) in [4.78, 5) is 17.5. The van der Waals surface area contributed by atoms with Gasteiger partial charge in [-0.3, -0.25) is 4.79 Å². The number of nitrogens with one attached hydrogen (secondary N) is 2. The zero-order valence-electron chi connectivity index (χ0n) is 18.1. The topological polar surface area (TPSA) is 68.2 Å². The highest BCUT2D eigenvalue weighted by Crippen LogP contribution is 2.34. The van der Waals surface area contributed by atoms with Crippen LogP contribution in [0.2, 0.25) is 0 Å². The molecule has 2 atom stereocenters. The predicted octanol–water partition coefficient (Wildman–Crippen LogP) is 4.02. The molecule has 6 nitrogen and oxygen atoms in total. The number of pyridine rings is 2. The van der Waals surface area contributed by atoms with Gasteiger partial charge in [0, 0.05) is 37.8 Å². The Morgan fingerprint density at radius 3 is 2.69 bits per heavy atom. The van der Waals surface area contributed by atoms with E-state index in [1.54, 1.807) is 44.0 Å². The van der Waals surface area contributed by atoms with Crippen LogP contribution >= 0.6 is 0 Å². The number of anilines is 1. The van der Waals surface area contributed by atoms with Crippen LogP contribution in [0.1, 0.15) is 42.5 Å². The maximum atomic E-state index is 14.7. The molecule has 3 aromatic rings. The van der Waals surface area contributed by atoms with Crippen molar-refractivity contribution in [2.24, 2.45) is 7.05 Å². The third kappa shape index (κ3) is 3.65. The highest BCUT2D eigenvalue weighted by molar-refractivity contribution is 5.90. The summed E-state index contributed by atoms with van der Waals surface area (Å²) in [6.07, 6.45) is -0.707. The predicted molar refractivity (Wildman–Crippen MR) is 117 cm³/mol. The van der Waals surface area contributed by atoms with Gasteiger partial charge in [-0.2, -0.15) is 0 Å². The summed E-state index contributed by atoms with van der Waals surface area (Å²) in [7, 11) is 3.26. The highest BCUT2D eigenvalue weighted by atomic mass is 19.3. The second kappa shape index (κ2) is 8.55. The molecule has 1 fully saturated rings. The fourth-order valence-corrected chi connectivity index (χ4v) is 4.37. The second-order valence-electron chi connectivity index (χ2n) is 8.06. The van der Waals surface area contributed by atoms with Crippen molar-refractivity contribution in [3.63, 3.8) is 0 Å². The zero-order chi connectivity index (χ0) is 23.0. The van der Waals surface area contributed by atoms with Crippen LogP contribution in [0, 0.1) is 5.82 Å². The van der Waals surface area contributed by atoms with Gasteiger partial charge in [-0.05, 0) is 32.0 Å². The summed E-state index contributed by atoms with van der Waals surface area (Å²) in [5.41, 5.74) is -0.289. The minimum Gasteiger partial charge on any atom is -0.372 e. The molecule has 0 amide bonds. The molecule has 9 heteroatoms. The van der Waals surface area contributed by atoms with Crippen LogP contribution in [0.25, 0.3) is 10.9 Å². The third-order valence-electron chi connectivity index (χ3n) is 6.26. The highest BCUT2D eigenvalue weighted by Gasteiger charge is 2.38. The molecule has 0 saturated carbocycles. The maximum Gasteiger partial charge on any atom is 0.266 e. The number of fused-ring (bicyclic) bond motifs is 1. The van der Waals surface area contributed by atoms with Crippen LogP contribution < -0.4 is 16.2 Å². The number of ether oxygens (including phenoxy) is 1. The average molecular weight is 446 g/mol. The first-order chi connectivity index (χ1) is 15.3. The molecule has 1 aliphatic rings. The van der Waals surface area contributed by atoms with Crippen molar-refractivity contribution >= 4 is 16.7 Å². The van der Waals surface area contributed by atoms with E-state index in [4.69, 9.17) is 4.74 Å². The summed E-state index contributed by atoms with van der Waals surface area (Å²) in [6.45, 7) is 2.91. The summed E-state index contributed by atoms with van der Waals surface area (Å²) in [5, 5.41) is 7.03. The lowest BCUT2D eigenvalue weighted by molar-refractivity contribution is 0.00195. The normalized spacial score (nSPS) is 19.6. The maximum absolute atomic E-state index is 14.7. The Kier molecular flexibility index (Phi) is 5.96. The van der Waals surface area contributed by atoms with Gasteiger partial charge >= 0.3 is 0 Å². The first-order valence-corrected chi connectivity index (χ1v) is 10.4. The summed E-state index contributed by atoms with van der Waals surface area (Å²) < 4.78 is 48.2. The van der Waals surface area contributed by atoms with E-state index in [2.05, 4.69) is 15.6 Å². The van der Waals surface area contributed by atoms with Crippen LogP contribution in [0.15, 0.2) is 41.3 Å². The summed E-state index contributed by atoms with van der Waals surface area (Å²) in [6, 6.07) is 6.80. The van der Waals surface area contributed by atoms with E-state index >= 15 is 0 Å². The number of hydrogen-bond acceptors (Lipinski definition) is 5. The second-order valence-corrected chi connectivity index (χ2v) is 8.06. The molecular weight excluding hydrogens is 421 g/mol. The smallest absolute Gasteiger partial charge is 0.266 e. The molecule has 3 heterocycles. The van der Waals surface area contributed by atoms with Gasteiger partial charge in [0.15, 0.2) is 0 Å². The molecule has 0 aliphatic carbocycles. The largest absolute Gasteiger partial charge is 0.372 e. The molecule has 32 heavy (non-hydrogen) atoms. The Hall–Kier alpha value is -2.91. The van der Waals surface area contributed by atoms with Gasteiger partial charge < -0.3 is 19.9 Å². The zero-order valence-corrected chi connectivity index (χ0v) is 18.1.